The number of rotatable bonds is 7. The summed E-state index contributed by atoms with van der Waals surface area (Å²) in [6.07, 6.45) is -0.281. The van der Waals surface area contributed by atoms with Crippen molar-refractivity contribution in [1.82, 2.24) is 10.6 Å². The van der Waals surface area contributed by atoms with Crippen LogP contribution in [0.3, 0.4) is 0 Å². The Morgan fingerprint density at radius 3 is 2.08 bits per heavy atom. The number of ether oxygens (including phenoxy) is 1. The van der Waals surface area contributed by atoms with Gasteiger partial charge in [0.05, 0.1) is 13.5 Å². The zero-order valence-electron chi connectivity index (χ0n) is 14.6. The van der Waals surface area contributed by atoms with Gasteiger partial charge in [-0.1, -0.05) is 13.8 Å². The van der Waals surface area contributed by atoms with Crippen LogP contribution in [0.1, 0.15) is 26.3 Å². The van der Waals surface area contributed by atoms with E-state index in [4.69, 9.17) is 0 Å². The van der Waals surface area contributed by atoms with Crippen LogP contribution in [-0.2, 0) is 25.5 Å². The molecule has 1 rings (SSSR count). The highest BCUT2D eigenvalue weighted by Gasteiger charge is 2.27. The van der Waals surface area contributed by atoms with E-state index >= 15 is 0 Å². The predicted octanol–water partition coefficient (Wildman–Crippen LogP) is 1.33. The van der Waals surface area contributed by atoms with E-state index in [1.54, 1.807) is 13.8 Å². The maximum atomic E-state index is 13.1. The molecule has 8 heteroatoms. The molecule has 138 valence electrons. The van der Waals surface area contributed by atoms with E-state index in [1.165, 1.54) is 14.0 Å². The first-order chi connectivity index (χ1) is 11.6. The third-order valence-corrected chi connectivity index (χ3v) is 3.48. The number of amides is 2. The fraction of sp³-hybridized carbons (Fsp3) is 0.471. The Kier molecular flexibility index (Phi) is 7.47. The van der Waals surface area contributed by atoms with E-state index in [-0.39, 0.29) is 17.9 Å². The Morgan fingerprint density at radius 2 is 1.60 bits per heavy atom. The quantitative estimate of drug-likeness (QED) is 0.722. The molecule has 1 aromatic carbocycles. The Bertz CT molecular complexity index is 629. The molecule has 2 amide bonds. The number of methoxy groups -OCH3 is 1. The highest BCUT2D eigenvalue weighted by molar-refractivity contribution is 5.90. The van der Waals surface area contributed by atoms with Crippen molar-refractivity contribution in [3.63, 3.8) is 0 Å². The molecule has 0 aliphatic carbocycles. The lowest BCUT2D eigenvalue weighted by Crippen LogP contribution is -2.52. The molecule has 0 heterocycles. The maximum Gasteiger partial charge on any atom is 0.328 e. The van der Waals surface area contributed by atoms with E-state index in [9.17, 15) is 23.2 Å². The molecule has 0 spiro atoms. The number of halogens is 2. The summed E-state index contributed by atoms with van der Waals surface area (Å²) >= 11 is 0. The van der Waals surface area contributed by atoms with Gasteiger partial charge in [-0.25, -0.2) is 13.6 Å². The minimum absolute atomic E-state index is 0.150. The van der Waals surface area contributed by atoms with Gasteiger partial charge in [-0.05, 0) is 30.5 Å². The predicted molar refractivity (Wildman–Crippen MR) is 86.5 cm³/mol. The lowest BCUT2D eigenvalue weighted by atomic mass is 10.0. The molecule has 0 bridgehead atoms. The Balaban J connectivity index is 2.64. The number of hydrogen-bond acceptors (Lipinski definition) is 4. The largest absolute Gasteiger partial charge is 0.467 e. The molecular formula is C17H22F2N2O4. The highest BCUT2D eigenvalue weighted by Crippen LogP contribution is 2.09. The SMILES string of the molecule is COC(=O)[C@@H](NC(=O)[C@H](C)NC(=O)Cc1cc(F)cc(F)c1)C(C)C. The van der Waals surface area contributed by atoms with Gasteiger partial charge in [-0.2, -0.15) is 0 Å². The normalized spacial score (nSPS) is 13.1. The molecule has 0 saturated carbocycles. The Hall–Kier alpha value is -2.51. The van der Waals surface area contributed by atoms with Gasteiger partial charge in [0.2, 0.25) is 11.8 Å². The third-order valence-electron chi connectivity index (χ3n) is 3.48. The van der Waals surface area contributed by atoms with Crippen LogP contribution in [0.15, 0.2) is 18.2 Å². The first kappa shape index (κ1) is 20.5. The van der Waals surface area contributed by atoms with E-state index in [1.807, 2.05) is 0 Å². The van der Waals surface area contributed by atoms with Gasteiger partial charge < -0.3 is 15.4 Å². The lowest BCUT2D eigenvalue weighted by molar-refractivity contribution is -0.146. The average molecular weight is 356 g/mol. The summed E-state index contributed by atoms with van der Waals surface area (Å²) < 4.78 is 30.9. The van der Waals surface area contributed by atoms with Crippen molar-refractivity contribution >= 4 is 17.8 Å². The molecule has 0 fully saturated rings. The summed E-state index contributed by atoms with van der Waals surface area (Å²) in [6.45, 7) is 4.92. The van der Waals surface area contributed by atoms with Gasteiger partial charge in [-0.3, -0.25) is 9.59 Å². The van der Waals surface area contributed by atoms with Crippen molar-refractivity contribution in [2.75, 3.05) is 7.11 Å². The van der Waals surface area contributed by atoms with Crippen molar-refractivity contribution in [1.29, 1.82) is 0 Å². The summed E-state index contributed by atoms with van der Waals surface area (Å²) in [5, 5.41) is 4.93. The van der Waals surface area contributed by atoms with Crippen molar-refractivity contribution in [2.24, 2.45) is 5.92 Å². The highest BCUT2D eigenvalue weighted by atomic mass is 19.1. The molecule has 2 atom stereocenters. The minimum Gasteiger partial charge on any atom is -0.467 e. The van der Waals surface area contributed by atoms with Crippen LogP contribution >= 0.6 is 0 Å². The van der Waals surface area contributed by atoms with Crippen molar-refractivity contribution in [3.8, 4) is 0 Å². The molecule has 0 aliphatic rings. The minimum atomic E-state index is -0.934. The van der Waals surface area contributed by atoms with Crippen LogP contribution in [0.5, 0.6) is 0 Å². The van der Waals surface area contributed by atoms with Crippen molar-refractivity contribution in [3.05, 3.63) is 35.4 Å². The molecule has 1 aromatic rings. The number of esters is 1. The second kappa shape index (κ2) is 9.10. The molecule has 0 saturated heterocycles. The molecule has 0 unspecified atom stereocenters. The first-order valence-electron chi connectivity index (χ1n) is 7.76. The van der Waals surface area contributed by atoms with Crippen molar-refractivity contribution < 1.29 is 27.9 Å². The summed E-state index contributed by atoms with van der Waals surface area (Å²) in [6, 6.07) is 1.01. The third kappa shape index (κ3) is 6.48. The zero-order chi connectivity index (χ0) is 19.1. The molecule has 2 N–H and O–H groups in total. The molecule has 25 heavy (non-hydrogen) atoms. The fourth-order valence-electron chi connectivity index (χ4n) is 2.16. The smallest absolute Gasteiger partial charge is 0.328 e. The van der Waals surface area contributed by atoms with Crippen LogP contribution in [0.2, 0.25) is 0 Å². The zero-order valence-corrected chi connectivity index (χ0v) is 14.6. The second-order valence-electron chi connectivity index (χ2n) is 6.00. The standard InChI is InChI=1S/C17H22F2N2O4/c1-9(2)15(17(24)25-4)21-16(23)10(3)20-14(22)7-11-5-12(18)8-13(19)6-11/h5-6,8-10,15H,7H2,1-4H3,(H,20,22)(H,21,23)/t10-,15-/m0/s1. The van der Waals surface area contributed by atoms with Crippen LogP contribution in [-0.4, -0.2) is 37.0 Å². The monoisotopic (exact) mass is 356 g/mol. The van der Waals surface area contributed by atoms with Crippen molar-refractivity contribution in [2.45, 2.75) is 39.3 Å². The number of hydrogen-bond donors (Lipinski definition) is 2. The molecular weight excluding hydrogens is 334 g/mol. The average Bonchev–Trinajstić information content (AvgIpc) is 2.49. The van der Waals surface area contributed by atoms with Crippen LogP contribution in [0, 0.1) is 17.6 Å². The van der Waals surface area contributed by atoms with E-state index in [0.717, 1.165) is 12.1 Å². The lowest BCUT2D eigenvalue weighted by Gasteiger charge is -2.22. The van der Waals surface area contributed by atoms with Gasteiger partial charge >= 0.3 is 5.97 Å². The summed E-state index contributed by atoms with van der Waals surface area (Å²) in [5.74, 6) is -3.50. The number of carbonyl (C=O) groups is 3. The number of carbonyl (C=O) groups excluding carboxylic acids is 3. The van der Waals surface area contributed by atoms with Gasteiger partial charge in [0, 0.05) is 6.07 Å². The second-order valence-corrected chi connectivity index (χ2v) is 6.00. The van der Waals surface area contributed by atoms with Gasteiger partial charge in [0.15, 0.2) is 0 Å². The molecule has 0 aromatic heterocycles. The van der Waals surface area contributed by atoms with E-state index < -0.39 is 41.5 Å². The van der Waals surface area contributed by atoms with Gasteiger partial charge in [0.25, 0.3) is 0 Å². The van der Waals surface area contributed by atoms with Crippen LogP contribution < -0.4 is 10.6 Å². The molecule has 6 nitrogen and oxygen atoms in total. The molecule has 0 radical (unpaired) electrons. The molecule has 0 aliphatic heterocycles. The Labute approximate surface area is 144 Å². The van der Waals surface area contributed by atoms with Gasteiger partial charge in [0.1, 0.15) is 23.7 Å². The van der Waals surface area contributed by atoms with Crippen LogP contribution in [0.4, 0.5) is 8.78 Å². The summed E-state index contributed by atoms with van der Waals surface area (Å²) in [7, 11) is 1.22. The number of nitrogens with one attached hydrogen (secondary N) is 2. The first-order valence-corrected chi connectivity index (χ1v) is 7.76. The van der Waals surface area contributed by atoms with E-state index in [0.29, 0.717) is 6.07 Å². The van der Waals surface area contributed by atoms with Gasteiger partial charge in [-0.15, -0.1) is 0 Å². The topological polar surface area (TPSA) is 84.5 Å². The number of benzene rings is 1. The summed E-state index contributed by atoms with van der Waals surface area (Å²) in [5.41, 5.74) is 0.150. The fourth-order valence-corrected chi connectivity index (χ4v) is 2.16. The maximum absolute atomic E-state index is 13.1. The summed E-state index contributed by atoms with van der Waals surface area (Å²) in [4.78, 5) is 35.7. The Morgan fingerprint density at radius 1 is 1.04 bits per heavy atom. The van der Waals surface area contributed by atoms with E-state index in [2.05, 4.69) is 15.4 Å². The van der Waals surface area contributed by atoms with Crippen LogP contribution in [0.25, 0.3) is 0 Å².